The minimum Gasteiger partial charge on any atom is -0.481 e. The van der Waals surface area contributed by atoms with Crippen LogP contribution in [-0.4, -0.2) is 29.3 Å². The van der Waals surface area contributed by atoms with Crippen LogP contribution in [-0.2, 0) is 22.4 Å². The van der Waals surface area contributed by atoms with Gasteiger partial charge in [-0.2, -0.15) is 0 Å². The first-order valence-corrected chi connectivity index (χ1v) is 8.23. The smallest absolute Gasteiger partial charge is 0.308 e. The zero-order valence-electron chi connectivity index (χ0n) is 10.9. The zero-order chi connectivity index (χ0) is 13.9. The molecule has 1 N–H and O–H groups in total. The normalized spacial score (nSPS) is 18.5. The van der Waals surface area contributed by atoms with Gasteiger partial charge in [-0.15, -0.1) is 22.7 Å². The summed E-state index contributed by atoms with van der Waals surface area (Å²) in [7, 11) is 0. The van der Waals surface area contributed by atoms with Gasteiger partial charge in [0.25, 0.3) is 0 Å². The topological polar surface area (TPSA) is 59.4 Å². The second-order valence-electron chi connectivity index (χ2n) is 4.90. The van der Waals surface area contributed by atoms with E-state index >= 15 is 0 Å². The Bertz CT molecular complexity index is 599. The van der Waals surface area contributed by atoms with E-state index < -0.39 is 5.97 Å². The Hall–Kier alpha value is -1.24. The Balaban J connectivity index is 1.69. The molecule has 1 fully saturated rings. The molecule has 106 valence electrons. The lowest BCUT2D eigenvalue weighted by molar-refractivity contribution is -0.136. The van der Waals surface area contributed by atoms with Crippen molar-refractivity contribution in [1.29, 1.82) is 0 Å². The maximum atomic E-state index is 10.7. The third-order valence-corrected chi connectivity index (χ3v) is 5.26. The summed E-state index contributed by atoms with van der Waals surface area (Å²) < 4.78 is 5.38. The largest absolute Gasteiger partial charge is 0.481 e. The van der Waals surface area contributed by atoms with E-state index in [2.05, 4.69) is 10.4 Å². The lowest BCUT2D eigenvalue weighted by atomic mass is 10.1. The minimum absolute atomic E-state index is 0.0844. The van der Waals surface area contributed by atoms with Crippen LogP contribution in [0, 0.1) is 5.92 Å². The van der Waals surface area contributed by atoms with Crippen molar-refractivity contribution in [2.75, 3.05) is 13.2 Å². The minimum atomic E-state index is -0.793. The molecule has 0 amide bonds. The summed E-state index contributed by atoms with van der Waals surface area (Å²) in [4.78, 5) is 17.3. The number of rotatable bonds is 5. The van der Waals surface area contributed by atoms with Crippen molar-refractivity contribution in [2.45, 2.75) is 19.3 Å². The van der Waals surface area contributed by atoms with Crippen LogP contribution in [0.4, 0.5) is 0 Å². The number of nitrogens with zero attached hydrogens (tertiary/aromatic N) is 1. The highest BCUT2D eigenvalue weighted by atomic mass is 32.1. The SMILES string of the molecule is O=C(O)Cc1ccc(-c2csc(CC3CCOC3)n2)s1. The highest BCUT2D eigenvalue weighted by Gasteiger charge is 2.18. The first kappa shape index (κ1) is 13.7. The lowest BCUT2D eigenvalue weighted by Gasteiger charge is -2.02. The summed E-state index contributed by atoms with van der Waals surface area (Å²) in [5.41, 5.74) is 0.963. The van der Waals surface area contributed by atoms with Gasteiger partial charge in [0, 0.05) is 29.9 Å². The number of aromatic nitrogens is 1. The van der Waals surface area contributed by atoms with Crippen molar-refractivity contribution in [3.8, 4) is 10.6 Å². The third kappa shape index (κ3) is 3.26. The molecule has 4 nitrogen and oxygen atoms in total. The Morgan fingerprint density at radius 1 is 1.50 bits per heavy atom. The van der Waals surface area contributed by atoms with Gasteiger partial charge in [-0.25, -0.2) is 4.98 Å². The number of carbonyl (C=O) groups is 1. The van der Waals surface area contributed by atoms with E-state index in [1.807, 2.05) is 12.1 Å². The summed E-state index contributed by atoms with van der Waals surface area (Å²) in [6.07, 6.45) is 2.19. The molecule has 0 radical (unpaired) electrons. The first-order valence-electron chi connectivity index (χ1n) is 6.54. The Labute approximate surface area is 125 Å². The molecule has 0 spiro atoms. The number of carboxylic acid groups (broad SMARTS) is 1. The maximum Gasteiger partial charge on any atom is 0.308 e. The second kappa shape index (κ2) is 6.03. The van der Waals surface area contributed by atoms with Crippen LogP contribution in [0.2, 0.25) is 0 Å². The van der Waals surface area contributed by atoms with Crippen molar-refractivity contribution in [3.05, 3.63) is 27.4 Å². The molecular formula is C14H15NO3S2. The maximum absolute atomic E-state index is 10.7. The summed E-state index contributed by atoms with van der Waals surface area (Å²) in [6, 6.07) is 3.83. The van der Waals surface area contributed by atoms with Crippen LogP contribution < -0.4 is 0 Å². The molecule has 1 saturated heterocycles. The van der Waals surface area contributed by atoms with Crippen molar-refractivity contribution in [3.63, 3.8) is 0 Å². The summed E-state index contributed by atoms with van der Waals surface area (Å²) in [5.74, 6) is -0.196. The van der Waals surface area contributed by atoms with E-state index in [1.54, 1.807) is 11.3 Å². The van der Waals surface area contributed by atoms with E-state index in [9.17, 15) is 4.79 Å². The highest BCUT2D eigenvalue weighted by Crippen LogP contribution is 2.30. The molecule has 6 heteroatoms. The van der Waals surface area contributed by atoms with E-state index in [-0.39, 0.29) is 6.42 Å². The van der Waals surface area contributed by atoms with Gasteiger partial charge in [0.15, 0.2) is 0 Å². The Morgan fingerprint density at radius 2 is 2.40 bits per heavy atom. The van der Waals surface area contributed by atoms with Crippen LogP contribution in [0.5, 0.6) is 0 Å². The predicted octanol–water partition coefficient (Wildman–Crippen LogP) is 3.08. The molecule has 2 aromatic heterocycles. The molecule has 20 heavy (non-hydrogen) atoms. The van der Waals surface area contributed by atoms with Gasteiger partial charge in [-0.1, -0.05) is 0 Å². The molecule has 2 aromatic rings. The fourth-order valence-electron chi connectivity index (χ4n) is 2.27. The lowest BCUT2D eigenvalue weighted by Crippen LogP contribution is -2.02. The van der Waals surface area contributed by atoms with Crippen molar-refractivity contribution in [2.24, 2.45) is 5.92 Å². The Morgan fingerprint density at radius 3 is 3.15 bits per heavy atom. The van der Waals surface area contributed by atoms with Crippen molar-refractivity contribution < 1.29 is 14.6 Å². The molecule has 1 aliphatic heterocycles. The number of hydrogen-bond acceptors (Lipinski definition) is 5. The fraction of sp³-hybridized carbons (Fsp3) is 0.429. The number of ether oxygens (including phenoxy) is 1. The monoisotopic (exact) mass is 309 g/mol. The summed E-state index contributed by atoms with van der Waals surface area (Å²) in [6.45, 7) is 1.71. The predicted molar refractivity (Wildman–Crippen MR) is 79.4 cm³/mol. The van der Waals surface area contributed by atoms with Gasteiger partial charge in [-0.05, 0) is 24.5 Å². The van der Waals surface area contributed by atoms with E-state index in [1.165, 1.54) is 11.3 Å². The molecule has 0 bridgehead atoms. The second-order valence-corrected chi connectivity index (χ2v) is 7.01. The molecule has 3 rings (SSSR count). The van der Waals surface area contributed by atoms with E-state index in [0.717, 1.165) is 46.5 Å². The van der Waals surface area contributed by atoms with Crippen LogP contribution in [0.1, 0.15) is 16.3 Å². The number of thiophene rings is 1. The first-order chi connectivity index (χ1) is 9.70. The van der Waals surface area contributed by atoms with E-state index in [4.69, 9.17) is 9.84 Å². The molecule has 0 aromatic carbocycles. The molecule has 1 aliphatic rings. The van der Waals surface area contributed by atoms with Crippen molar-refractivity contribution in [1.82, 2.24) is 4.98 Å². The van der Waals surface area contributed by atoms with Crippen LogP contribution in [0.15, 0.2) is 17.5 Å². The van der Waals surface area contributed by atoms with Gasteiger partial charge >= 0.3 is 5.97 Å². The highest BCUT2D eigenvalue weighted by molar-refractivity contribution is 7.16. The molecule has 1 atom stereocenters. The van der Waals surface area contributed by atoms with Crippen LogP contribution in [0.25, 0.3) is 10.6 Å². The van der Waals surface area contributed by atoms with Gasteiger partial charge in [-0.3, -0.25) is 4.79 Å². The average molecular weight is 309 g/mol. The molecule has 1 unspecified atom stereocenters. The summed E-state index contributed by atoms with van der Waals surface area (Å²) >= 11 is 3.19. The quantitative estimate of drug-likeness (QED) is 0.922. The van der Waals surface area contributed by atoms with Crippen LogP contribution in [0.3, 0.4) is 0 Å². The molecular weight excluding hydrogens is 294 g/mol. The molecule has 0 aliphatic carbocycles. The third-order valence-electron chi connectivity index (χ3n) is 3.28. The number of hydrogen-bond donors (Lipinski definition) is 1. The Kier molecular flexibility index (Phi) is 4.14. The average Bonchev–Trinajstić information content (AvgIpc) is 3.09. The van der Waals surface area contributed by atoms with Crippen LogP contribution >= 0.6 is 22.7 Å². The number of carboxylic acids is 1. The fourth-order valence-corrected chi connectivity index (χ4v) is 4.21. The van der Waals surface area contributed by atoms with Gasteiger partial charge < -0.3 is 9.84 Å². The van der Waals surface area contributed by atoms with E-state index in [0.29, 0.717) is 5.92 Å². The molecule has 0 saturated carbocycles. The van der Waals surface area contributed by atoms with Crippen molar-refractivity contribution >= 4 is 28.6 Å². The van der Waals surface area contributed by atoms with Gasteiger partial charge in [0.1, 0.15) is 0 Å². The number of aliphatic carboxylic acids is 1. The standard InChI is InChI=1S/C14H15NO3S2/c16-14(17)6-10-1-2-12(20-10)11-8-19-13(15-11)5-9-3-4-18-7-9/h1-2,8-9H,3-7H2,(H,16,17). The van der Waals surface area contributed by atoms with Gasteiger partial charge in [0.2, 0.25) is 0 Å². The zero-order valence-corrected chi connectivity index (χ0v) is 12.5. The molecule has 3 heterocycles. The summed E-state index contributed by atoms with van der Waals surface area (Å²) in [5, 5.41) is 12.0. The number of thiazole rings is 1. The van der Waals surface area contributed by atoms with Gasteiger partial charge in [0.05, 0.1) is 22.0 Å².